The normalized spacial score (nSPS) is 20.6. The van der Waals surface area contributed by atoms with E-state index in [-0.39, 0.29) is 26.1 Å². The molecule has 0 aromatic carbocycles. The number of ether oxygens (including phenoxy) is 1. The molecule has 0 spiro atoms. The van der Waals surface area contributed by atoms with Crippen LogP contribution in [0.2, 0.25) is 0 Å². The largest absolute Gasteiger partial charge is 0.479 e. The summed E-state index contributed by atoms with van der Waals surface area (Å²) in [6.07, 6.45) is 0.215. The van der Waals surface area contributed by atoms with Crippen molar-refractivity contribution in [2.45, 2.75) is 18.4 Å². The third kappa shape index (κ3) is 2.25. The maximum atomic E-state index is 10.8. The molecule has 0 aromatic heterocycles. The van der Waals surface area contributed by atoms with Crippen molar-refractivity contribution in [3.63, 3.8) is 0 Å². The number of carboxylic acids is 1. The minimum absolute atomic E-state index is 0.107. The Morgan fingerprint density at radius 3 is 2.31 bits per heavy atom. The van der Waals surface area contributed by atoms with E-state index in [1.54, 1.807) is 0 Å². The average molecular weight is 207 g/mol. The predicted octanol–water partition coefficient (Wildman–Crippen LogP) is -0.317. The van der Waals surface area contributed by atoms with Gasteiger partial charge in [0.15, 0.2) is 5.54 Å². The molecule has 1 N–H and O–H groups in total. The van der Waals surface area contributed by atoms with Gasteiger partial charge in [-0.15, -0.1) is 0 Å². The van der Waals surface area contributed by atoms with Gasteiger partial charge in [0.1, 0.15) is 0 Å². The molecule has 7 heteroatoms. The number of nitrogens with zero attached hydrogens (tertiary/aromatic N) is 1. The molecule has 0 aromatic rings. The van der Waals surface area contributed by atoms with E-state index in [2.05, 4.69) is 4.36 Å². The van der Waals surface area contributed by atoms with Crippen molar-refractivity contribution in [3.05, 3.63) is 0 Å². The lowest BCUT2D eigenvalue weighted by Gasteiger charge is -2.26. The third-order valence-corrected chi connectivity index (χ3v) is 2.47. The van der Waals surface area contributed by atoms with Gasteiger partial charge < -0.3 is 9.84 Å². The fourth-order valence-electron chi connectivity index (χ4n) is 1.20. The lowest BCUT2D eigenvalue weighted by Crippen LogP contribution is -2.42. The molecule has 0 atom stereocenters. The zero-order chi connectivity index (χ0) is 9.90. The summed E-state index contributed by atoms with van der Waals surface area (Å²) in [5.74, 6) is -1.21. The molecule has 13 heavy (non-hydrogen) atoms. The molecule has 0 bridgehead atoms. The Bertz CT molecular complexity index is 319. The summed E-state index contributed by atoms with van der Waals surface area (Å²) in [5.41, 5.74) is -1.50. The van der Waals surface area contributed by atoms with Crippen LogP contribution >= 0.6 is 0 Å². The van der Waals surface area contributed by atoms with Crippen molar-refractivity contribution in [1.82, 2.24) is 0 Å². The van der Waals surface area contributed by atoms with Gasteiger partial charge in [0.2, 0.25) is 0 Å². The van der Waals surface area contributed by atoms with Gasteiger partial charge in [-0.05, 0) is 0 Å². The van der Waals surface area contributed by atoms with Crippen molar-refractivity contribution in [2.24, 2.45) is 4.36 Å². The van der Waals surface area contributed by atoms with Crippen LogP contribution in [-0.2, 0) is 20.0 Å². The first-order valence-electron chi connectivity index (χ1n) is 3.70. The number of hydrogen-bond acceptors (Lipinski definition) is 5. The summed E-state index contributed by atoms with van der Waals surface area (Å²) in [4.78, 5) is 10.8. The van der Waals surface area contributed by atoms with Crippen LogP contribution in [0.3, 0.4) is 0 Å². The molecule has 1 heterocycles. The van der Waals surface area contributed by atoms with Gasteiger partial charge >= 0.3 is 16.5 Å². The fourth-order valence-corrected chi connectivity index (χ4v) is 1.74. The molecular weight excluding hydrogens is 198 g/mol. The molecule has 1 aliphatic heterocycles. The summed E-state index contributed by atoms with van der Waals surface area (Å²) >= 11 is 0. The molecule has 1 saturated heterocycles. The minimum atomic E-state index is -2.68. The lowest BCUT2D eigenvalue weighted by atomic mass is 9.92. The first kappa shape index (κ1) is 10.1. The highest BCUT2D eigenvalue weighted by Crippen LogP contribution is 2.25. The quantitative estimate of drug-likeness (QED) is 0.670. The van der Waals surface area contributed by atoms with Gasteiger partial charge in [0.25, 0.3) is 0 Å². The molecule has 1 aliphatic rings. The second-order valence-electron chi connectivity index (χ2n) is 2.76. The van der Waals surface area contributed by atoms with Gasteiger partial charge in [0, 0.05) is 26.1 Å². The average Bonchev–Trinajstić information content (AvgIpc) is 2.04. The summed E-state index contributed by atoms with van der Waals surface area (Å²) in [6.45, 7) is 0.458. The second-order valence-corrected chi connectivity index (χ2v) is 3.37. The molecule has 6 nitrogen and oxygen atoms in total. The van der Waals surface area contributed by atoms with E-state index < -0.39 is 22.0 Å². The molecule has 0 unspecified atom stereocenters. The third-order valence-electron chi connectivity index (χ3n) is 1.97. The maximum absolute atomic E-state index is 10.8. The first-order chi connectivity index (χ1) is 6.07. The van der Waals surface area contributed by atoms with E-state index in [0.717, 1.165) is 0 Å². The maximum Gasteiger partial charge on any atom is 0.333 e. The molecule has 1 fully saturated rings. The highest BCUT2D eigenvalue weighted by atomic mass is 32.2. The zero-order valence-corrected chi connectivity index (χ0v) is 7.58. The first-order valence-corrected chi connectivity index (χ1v) is 4.73. The smallest absolute Gasteiger partial charge is 0.333 e. The van der Waals surface area contributed by atoms with Crippen molar-refractivity contribution >= 4 is 16.5 Å². The Hall–Kier alpha value is -0.950. The van der Waals surface area contributed by atoms with Gasteiger partial charge in [-0.3, -0.25) is 0 Å². The van der Waals surface area contributed by atoms with E-state index in [1.807, 2.05) is 0 Å². The predicted molar refractivity (Wildman–Crippen MR) is 41.8 cm³/mol. The van der Waals surface area contributed by atoms with E-state index in [0.29, 0.717) is 0 Å². The summed E-state index contributed by atoms with van der Waals surface area (Å²) in [7, 11) is -2.68. The van der Waals surface area contributed by atoms with Gasteiger partial charge in [-0.2, -0.15) is 12.8 Å². The zero-order valence-electron chi connectivity index (χ0n) is 6.76. The van der Waals surface area contributed by atoms with E-state index >= 15 is 0 Å². The molecule has 74 valence electrons. The fraction of sp³-hybridized carbons (Fsp3) is 0.833. The Labute approximate surface area is 76.2 Å². The van der Waals surface area contributed by atoms with E-state index in [9.17, 15) is 13.2 Å². The van der Waals surface area contributed by atoms with E-state index in [1.165, 1.54) is 0 Å². The van der Waals surface area contributed by atoms with Gasteiger partial charge in [-0.25, -0.2) is 4.79 Å². The van der Waals surface area contributed by atoms with Crippen LogP contribution in [0.15, 0.2) is 4.36 Å². The summed E-state index contributed by atoms with van der Waals surface area (Å²) < 4.78 is 28.7. The van der Waals surface area contributed by atoms with Crippen molar-refractivity contribution in [3.8, 4) is 0 Å². The van der Waals surface area contributed by atoms with Crippen LogP contribution in [0.1, 0.15) is 12.8 Å². The Morgan fingerprint density at radius 1 is 1.38 bits per heavy atom. The van der Waals surface area contributed by atoms with Gasteiger partial charge in [0.05, 0.1) is 0 Å². The molecule has 0 saturated carbocycles. The Balaban J connectivity index is 2.99. The van der Waals surface area contributed by atoms with Crippen LogP contribution in [-0.4, -0.2) is 38.2 Å². The molecule has 1 rings (SSSR count). The molecule has 0 aliphatic carbocycles. The van der Waals surface area contributed by atoms with Crippen molar-refractivity contribution in [2.75, 3.05) is 13.2 Å². The number of hydrogen-bond donors (Lipinski definition) is 1. The van der Waals surface area contributed by atoms with Crippen LogP contribution in [0.4, 0.5) is 0 Å². The lowest BCUT2D eigenvalue weighted by molar-refractivity contribution is -0.146. The van der Waals surface area contributed by atoms with Gasteiger partial charge in [-0.1, -0.05) is 0 Å². The monoisotopic (exact) mass is 207 g/mol. The van der Waals surface area contributed by atoms with Crippen molar-refractivity contribution in [1.29, 1.82) is 0 Å². The van der Waals surface area contributed by atoms with Crippen LogP contribution < -0.4 is 0 Å². The van der Waals surface area contributed by atoms with Crippen molar-refractivity contribution < 1.29 is 23.1 Å². The summed E-state index contributed by atoms with van der Waals surface area (Å²) in [5, 5.41) is 8.82. The van der Waals surface area contributed by atoms with Crippen LogP contribution in [0.5, 0.6) is 0 Å². The summed E-state index contributed by atoms with van der Waals surface area (Å²) in [6, 6.07) is 0. The molecule has 0 radical (unpaired) electrons. The van der Waals surface area contributed by atoms with E-state index in [4.69, 9.17) is 9.84 Å². The highest BCUT2D eigenvalue weighted by Gasteiger charge is 2.41. The second kappa shape index (κ2) is 3.84. The molecular formula is C6H9NO5S. The van der Waals surface area contributed by atoms with Crippen LogP contribution in [0, 0.1) is 0 Å². The standard InChI is InChI=1S/C6H9NO5S/c8-5(9)6(7-13(10)11)1-3-12-4-2-6/h1-4H2,(H,8,9). The topological polar surface area (TPSA) is 93.0 Å². The number of carbonyl (C=O) groups is 1. The Morgan fingerprint density at radius 2 is 1.92 bits per heavy atom. The molecule has 0 amide bonds. The number of carboxylic acid groups (broad SMARTS) is 1. The highest BCUT2D eigenvalue weighted by molar-refractivity contribution is 7.61. The Kier molecular flexibility index (Phi) is 2.99. The number of aliphatic carboxylic acids is 1. The van der Waals surface area contributed by atoms with Crippen LogP contribution in [0.25, 0.3) is 0 Å². The SMILES string of the molecule is O=C(O)C1(N=S(=O)=O)CCOCC1. The number of rotatable bonds is 2. The minimum Gasteiger partial charge on any atom is -0.479 e.